The molecule has 1 aliphatic carbocycles. The molecule has 2 heterocycles. The first-order chi connectivity index (χ1) is 11.5. The lowest BCUT2D eigenvalue weighted by molar-refractivity contribution is -0.117. The highest BCUT2D eigenvalue weighted by Crippen LogP contribution is 2.40. The van der Waals surface area contributed by atoms with Crippen LogP contribution in [0, 0.1) is 0 Å². The van der Waals surface area contributed by atoms with Crippen LogP contribution in [0.2, 0.25) is 0 Å². The molecule has 3 amide bonds. The van der Waals surface area contributed by atoms with Gasteiger partial charge in [0.25, 0.3) is 0 Å². The maximum atomic E-state index is 12.2. The van der Waals surface area contributed by atoms with Gasteiger partial charge in [-0.1, -0.05) is 0 Å². The fourth-order valence-electron chi connectivity index (χ4n) is 3.27. The third kappa shape index (κ3) is 2.53. The first kappa shape index (κ1) is 14.8. The van der Waals surface area contributed by atoms with Gasteiger partial charge in [0.05, 0.1) is 19.5 Å². The number of fused-ring (bicyclic) bond motifs is 1. The minimum Gasteiger partial charge on any atom is -0.465 e. The smallest absolute Gasteiger partial charge is 0.414 e. The summed E-state index contributed by atoms with van der Waals surface area (Å²) >= 11 is 0. The van der Waals surface area contributed by atoms with E-state index in [4.69, 9.17) is 9.84 Å². The van der Waals surface area contributed by atoms with Gasteiger partial charge in [0.15, 0.2) is 0 Å². The molecule has 1 saturated heterocycles. The van der Waals surface area contributed by atoms with Gasteiger partial charge in [-0.15, -0.1) is 0 Å². The molecule has 1 saturated carbocycles. The van der Waals surface area contributed by atoms with Crippen molar-refractivity contribution in [3.63, 3.8) is 0 Å². The topological polar surface area (TPSA) is 99.2 Å². The summed E-state index contributed by atoms with van der Waals surface area (Å²) in [4.78, 5) is 38.1. The van der Waals surface area contributed by atoms with Gasteiger partial charge in [0, 0.05) is 17.4 Å². The summed E-state index contributed by atoms with van der Waals surface area (Å²) in [5.74, 6) is 0.109. The van der Waals surface area contributed by atoms with E-state index >= 15 is 0 Å². The Kier molecular flexibility index (Phi) is 3.33. The van der Waals surface area contributed by atoms with Gasteiger partial charge in [0.2, 0.25) is 5.91 Å². The maximum absolute atomic E-state index is 12.2. The van der Waals surface area contributed by atoms with Crippen LogP contribution in [0.1, 0.15) is 18.4 Å². The van der Waals surface area contributed by atoms with E-state index in [9.17, 15) is 14.4 Å². The Morgan fingerprint density at radius 3 is 2.83 bits per heavy atom. The third-order valence-corrected chi connectivity index (χ3v) is 4.51. The molecule has 0 bridgehead atoms. The summed E-state index contributed by atoms with van der Waals surface area (Å²) in [5, 5.41) is 10.8. The number of benzene rings is 1. The van der Waals surface area contributed by atoms with E-state index in [0.29, 0.717) is 18.2 Å². The lowest BCUT2D eigenvalue weighted by Crippen LogP contribution is -2.33. The average molecular weight is 331 g/mol. The molecule has 0 unspecified atom stereocenters. The van der Waals surface area contributed by atoms with Crippen LogP contribution in [0.3, 0.4) is 0 Å². The first-order valence-corrected chi connectivity index (χ1v) is 7.93. The molecule has 126 valence electrons. The highest BCUT2D eigenvalue weighted by Gasteiger charge is 2.39. The van der Waals surface area contributed by atoms with Crippen LogP contribution in [0.4, 0.5) is 21.0 Å². The zero-order valence-corrected chi connectivity index (χ0v) is 12.9. The number of anilines is 2. The molecule has 0 radical (unpaired) electrons. The van der Waals surface area contributed by atoms with Crippen molar-refractivity contribution in [3.05, 3.63) is 23.8 Å². The van der Waals surface area contributed by atoms with E-state index < -0.39 is 18.3 Å². The van der Waals surface area contributed by atoms with Gasteiger partial charge >= 0.3 is 12.2 Å². The SMILES string of the molecule is O=C(O)NC[C@H]1CN(c2ccc3c(c2)CC(=O)N3C2CC2)C(=O)O1. The zero-order chi connectivity index (χ0) is 16.8. The van der Waals surface area contributed by atoms with Crippen molar-refractivity contribution in [1.82, 2.24) is 5.32 Å². The van der Waals surface area contributed by atoms with E-state index in [0.717, 1.165) is 24.1 Å². The number of hydrogen-bond acceptors (Lipinski definition) is 4. The van der Waals surface area contributed by atoms with Gasteiger partial charge in [-0.3, -0.25) is 9.69 Å². The van der Waals surface area contributed by atoms with Crippen molar-refractivity contribution in [1.29, 1.82) is 0 Å². The molecule has 3 aliphatic rings. The Morgan fingerprint density at radius 2 is 2.12 bits per heavy atom. The van der Waals surface area contributed by atoms with Gasteiger partial charge in [0.1, 0.15) is 6.10 Å². The second-order valence-electron chi connectivity index (χ2n) is 6.29. The lowest BCUT2D eigenvalue weighted by Gasteiger charge is -2.18. The maximum Gasteiger partial charge on any atom is 0.414 e. The molecular weight excluding hydrogens is 314 g/mol. The van der Waals surface area contributed by atoms with Gasteiger partial charge in [-0.25, -0.2) is 9.59 Å². The van der Waals surface area contributed by atoms with Crippen LogP contribution in [-0.2, 0) is 16.0 Å². The number of amides is 3. The average Bonchev–Trinajstić information content (AvgIpc) is 3.21. The van der Waals surface area contributed by atoms with Crippen LogP contribution in [-0.4, -0.2) is 48.4 Å². The van der Waals surface area contributed by atoms with Gasteiger partial charge in [-0.05, 0) is 36.6 Å². The van der Waals surface area contributed by atoms with Crippen LogP contribution in [0.15, 0.2) is 18.2 Å². The number of nitrogens with one attached hydrogen (secondary N) is 1. The van der Waals surface area contributed by atoms with E-state index in [1.807, 2.05) is 17.0 Å². The Labute approximate surface area is 138 Å². The summed E-state index contributed by atoms with van der Waals surface area (Å²) in [7, 11) is 0. The number of cyclic esters (lactones) is 1. The molecule has 8 nitrogen and oxygen atoms in total. The fourth-order valence-corrected chi connectivity index (χ4v) is 3.27. The monoisotopic (exact) mass is 331 g/mol. The van der Waals surface area contributed by atoms with Crippen LogP contribution < -0.4 is 15.1 Å². The normalized spacial score (nSPS) is 22.6. The number of carboxylic acid groups (broad SMARTS) is 1. The second-order valence-corrected chi connectivity index (χ2v) is 6.29. The number of hydrogen-bond donors (Lipinski definition) is 2. The lowest BCUT2D eigenvalue weighted by atomic mass is 10.1. The minimum atomic E-state index is -1.15. The fraction of sp³-hybridized carbons (Fsp3) is 0.438. The summed E-state index contributed by atoms with van der Waals surface area (Å²) < 4.78 is 5.17. The highest BCUT2D eigenvalue weighted by molar-refractivity contribution is 6.03. The van der Waals surface area contributed by atoms with Crippen LogP contribution >= 0.6 is 0 Å². The van der Waals surface area contributed by atoms with E-state index in [1.165, 1.54) is 4.90 Å². The molecule has 1 aromatic carbocycles. The van der Waals surface area contributed by atoms with Crippen LogP contribution in [0.5, 0.6) is 0 Å². The molecule has 4 rings (SSSR count). The highest BCUT2D eigenvalue weighted by atomic mass is 16.6. The summed E-state index contributed by atoms with van der Waals surface area (Å²) in [6, 6.07) is 5.86. The molecule has 2 aliphatic heterocycles. The molecular formula is C16H17N3O5. The Hall–Kier alpha value is -2.77. The molecule has 1 atom stereocenters. The van der Waals surface area contributed by atoms with Gasteiger partial charge in [-0.2, -0.15) is 0 Å². The summed E-state index contributed by atoms with van der Waals surface area (Å²) in [6.45, 7) is 0.328. The Morgan fingerprint density at radius 1 is 1.33 bits per heavy atom. The molecule has 8 heteroatoms. The van der Waals surface area contributed by atoms with Crippen molar-refractivity contribution in [2.24, 2.45) is 0 Å². The predicted molar refractivity (Wildman–Crippen MR) is 84.3 cm³/mol. The van der Waals surface area contributed by atoms with E-state index in [-0.39, 0.29) is 19.0 Å². The Bertz CT molecular complexity index is 730. The van der Waals surface area contributed by atoms with Crippen LogP contribution in [0.25, 0.3) is 0 Å². The van der Waals surface area contributed by atoms with Crippen molar-refractivity contribution in [2.75, 3.05) is 22.9 Å². The number of ether oxygens (including phenoxy) is 1. The molecule has 0 spiro atoms. The summed E-state index contributed by atoms with van der Waals surface area (Å²) in [6.07, 6.45) is 0.266. The third-order valence-electron chi connectivity index (χ3n) is 4.51. The number of nitrogens with zero attached hydrogens (tertiary/aromatic N) is 2. The zero-order valence-electron chi connectivity index (χ0n) is 12.9. The van der Waals surface area contributed by atoms with Crippen molar-refractivity contribution < 1.29 is 24.2 Å². The minimum absolute atomic E-state index is 0.0520. The largest absolute Gasteiger partial charge is 0.465 e. The molecule has 1 aromatic rings. The van der Waals surface area contributed by atoms with Crippen molar-refractivity contribution in [2.45, 2.75) is 31.4 Å². The first-order valence-electron chi connectivity index (χ1n) is 7.93. The molecule has 2 N–H and O–H groups in total. The second kappa shape index (κ2) is 5.40. The quantitative estimate of drug-likeness (QED) is 0.867. The summed E-state index contributed by atoms with van der Waals surface area (Å²) in [5.41, 5.74) is 2.52. The van der Waals surface area contributed by atoms with Gasteiger partial charge < -0.3 is 20.1 Å². The van der Waals surface area contributed by atoms with Crippen molar-refractivity contribution in [3.8, 4) is 0 Å². The van der Waals surface area contributed by atoms with Crippen molar-refractivity contribution >= 4 is 29.5 Å². The number of carbonyl (C=O) groups is 3. The molecule has 24 heavy (non-hydrogen) atoms. The van der Waals surface area contributed by atoms with E-state index in [2.05, 4.69) is 5.32 Å². The van der Waals surface area contributed by atoms with E-state index in [1.54, 1.807) is 6.07 Å². The Balaban J connectivity index is 1.51. The predicted octanol–water partition coefficient (Wildman–Crippen LogP) is 1.33. The number of carbonyl (C=O) groups excluding carboxylic acids is 2. The molecule has 0 aromatic heterocycles. The molecule has 2 fully saturated rings. The standard InChI is InChI=1S/C16H17N3O5/c20-14-6-9-5-11(3-4-13(9)19(14)10-1-2-10)18-8-12(24-16(18)23)7-17-15(21)22/h3-5,10,12,17H,1-2,6-8H2,(H,21,22)/t12-/m0/s1. The number of rotatable bonds is 4.